The summed E-state index contributed by atoms with van der Waals surface area (Å²) < 4.78 is 27.4. The lowest BCUT2D eigenvalue weighted by atomic mass is 10.2. The van der Waals surface area contributed by atoms with Gasteiger partial charge in [-0.3, -0.25) is 4.79 Å². The standard InChI is InChI=1S/C13H16BrNO4S/c1-9-4-5-10(14)7-12(9)20(18,19)15-6-2-3-11(15)8-13(16)17/h4-5,7,11H,2-3,6,8H2,1H3,(H,16,17). The highest BCUT2D eigenvalue weighted by molar-refractivity contribution is 9.10. The first-order chi connectivity index (χ1) is 9.32. The number of halogens is 1. The first-order valence-corrected chi connectivity index (χ1v) is 8.55. The number of carbonyl (C=O) groups is 1. The van der Waals surface area contributed by atoms with Crippen LogP contribution in [0.5, 0.6) is 0 Å². The zero-order valence-electron chi connectivity index (χ0n) is 11.0. The van der Waals surface area contributed by atoms with E-state index in [1.165, 1.54) is 4.31 Å². The van der Waals surface area contributed by atoms with E-state index in [0.717, 1.165) is 0 Å². The van der Waals surface area contributed by atoms with Crippen molar-refractivity contribution in [2.45, 2.75) is 37.1 Å². The minimum Gasteiger partial charge on any atom is -0.481 e. The molecule has 5 nitrogen and oxygen atoms in total. The third-order valence-corrected chi connectivity index (χ3v) is 6.06. The Morgan fingerprint density at radius 2 is 2.20 bits per heavy atom. The molecule has 1 saturated heterocycles. The van der Waals surface area contributed by atoms with Crippen molar-refractivity contribution < 1.29 is 18.3 Å². The number of hydrogen-bond donors (Lipinski definition) is 1. The summed E-state index contributed by atoms with van der Waals surface area (Å²) in [6.07, 6.45) is 1.15. The fourth-order valence-corrected chi connectivity index (χ4v) is 4.97. The lowest BCUT2D eigenvalue weighted by Crippen LogP contribution is -2.37. The number of benzene rings is 1. The molecule has 0 radical (unpaired) electrons. The largest absolute Gasteiger partial charge is 0.481 e. The number of carboxylic acid groups (broad SMARTS) is 1. The predicted octanol–water partition coefficient (Wildman–Crippen LogP) is 2.39. The molecule has 0 spiro atoms. The van der Waals surface area contributed by atoms with Gasteiger partial charge in [-0.15, -0.1) is 0 Å². The summed E-state index contributed by atoms with van der Waals surface area (Å²) in [5, 5.41) is 8.90. The second-order valence-electron chi connectivity index (χ2n) is 4.92. The van der Waals surface area contributed by atoms with E-state index in [4.69, 9.17) is 5.11 Å². The fourth-order valence-electron chi connectivity index (χ4n) is 2.51. The molecule has 0 saturated carbocycles. The molecule has 1 N–H and O–H groups in total. The van der Waals surface area contributed by atoms with E-state index >= 15 is 0 Å². The molecule has 2 rings (SSSR count). The Hall–Kier alpha value is -0.920. The van der Waals surface area contributed by atoms with Gasteiger partial charge in [0.1, 0.15) is 0 Å². The van der Waals surface area contributed by atoms with Gasteiger partial charge in [0.25, 0.3) is 0 Å². The number of nitrogens with zero attached hydrogens (tertiary/aromatic N) is 1. The highest BCUT2D eigenvalue weighted by Gasteiger charge is 2.37. The Morgan fingerprint density at radius 3 is 2.85 bits per heavy atom. The number of hydrogen-bond acceptors (Lipinski definition) is 3. The maximum Gasteiger partial charge on any atom is 0.304 e. The molecule has 1 atom stereocenters. The van der Waals surface area contributed by atoms with Crippen molar-refractivity contribution in [3.63, 3.8) is 0 Å². The smallest absolute Gasteiger partial charge is 0.304 e. The highest BCUT2D eigenvalue weighted by Crippen LogP contribution is 2.30. The van der Waals surface area contributed by atoms with E-state index in [0.29, 0.717) is 29.4 Å². The summed E-state index contributed by atoms with van der Waals surface area (Å²) in [5.41, 5.74) is 0.661. The predicted molar refractivity (Wildman–Crippen MR) is 78.0 cm³/mol. The lowest BCUT2D eigenvalue weighted by molar-refractivity contribution is -0.137. The minimum atomic E-state index is -3.65. The molecular formula is C13H16BrNO4S. The molecule has 110 valence electrons. The average Bonchev–Trinajstić information content (AvgIpc) is 2.80. The second kappa shape index (κ2) is 5.83. The van der Waals surface area contributed by atoms with Gasteiger partial charge in [-0.05, 0) is 37.5 Å². The Balaban J connectivity index is 2.39. The van der Waals surface area contributed by atoms with Gasteiger partial charge in [-0.25, -0.2) is 8.42 Å². The summed E-state index contributed by atoms with van der Waals surface area (Å²) in [6, 6.07) is 4.64. The van der Waals surface area contributed by atoms with Gasteiger partial charge in [0, 0.05) is 17.1 Å². The van der Waals surface area contributed by atoms with Gasteiger partial charge in [-0.1, -0.05) is 22.0 Å². The number of carboxylic acids is 1. The molecule has 1 aliphatic heterocycles. The molecule has 1 unspecified atom stereocenters. The van der Waals surface area contributed by atoms with Crippen LogP contribution in [-0.4, -0.2) is 36.4 Å². The molecule has 1 aromatic rings. The lowest BCUT2D eigenvalue weighted by Gasteiger charge is -2.23. The third kappa shape index (κ3) is 3.05. The summed E-state index contributed by atoms with van der Waals surface area (Å²) in [7, 11) is -3.65. The van der Waals surface area contributed by atoms with Crippen LogP contribution in [0.2, 0.25) is 0 Å². The molecule has 1 fully saturated rings. The average molecular weight is 362 g/mol. The highest BCUT2D eigenvalue weighted by atomic mass is 79.9. The van der Waals surface area contributed by atoms with E-state index in [9.17, 15) is 13.2 Å². The Morgan fingerprint density at radius 1 is 1.50 bits per heavy atom. The molecular weight excluding hydrogens is 346 g/mol. The molecule has 0 aromatic heterocycles. The molecule has 1 aromatic carbocycles. The van der Waals surface area contributed by atoms with Gasteiger partial charge in [0.2, 0.25) is 10.0 Å². The Bertz CT molecular complexity index is 629. The van der Waals surface area contributed by atoms with Gasteiger partial charge < -0.3 is 5.11 Å². The maximum absolute atomic E-state index is 12.7. The quantitative estimate of drug-likeness (QED) is 0.893. The first-order valence-electron chi connectivity index (χ1n) is 6.32. The van der Waals surface area contributed by atoms with Crippen LogP contribution < -0.4 is 0 Å². The van der Waals surface area contributed by atoms with Crippen LogP contribution in [0.15, 0.2) is 27.6 Å². The van der Waals surface area contributed by atoms with E-state index < -0.39 is 22.0 Å². The molecule has 0 bridgehead atoms. The van der Waals surface area contributed by atoms with Crippen molar-refractivity contribution in [2.75, 3.05) is 6.54 Å². The van der Waals surface area contributed by atoms with Crippen LogP contribution in [0.25, 0.3) is 0 Å². The van der Waals surface area contributed by atoms with Crippen LogP contribution in [0.3, 0.4) is 0 Å². The molecule has 0 amide bonds. The van der Waals surface area contributed by atoms with E-state index in [1.54, 1.807) is 25.1 Å². The van der Waals surface area contributed by atoms with E-state index in [1.807, 2.05) is 0 Å². The summed E-state index contributed by atoms with van der Waals surface area (Å²) in [5.74, 6) is -0.969. The van der Waals surface area contributed by atoms with Gasteiger partial charge in [0.05, 0.1) is 11.3 Å². The van der Waals surface area contributed by atoms with E-state index in [-0.39, 0.29) is 11.3 Å². The maximum atomic E-state index is 12.7. The van der Waals surface area contributed by atoms with E-state index in [2.05, 4.69) is 15.9 Å². The fraction of sp³-hybridized carbons (Fsp3) is 0.462. The second-order valence-corrected chi connectivity index (χ2v) is 7.69. The van der Waals surface area contributed by atoms with Gasteiger partial charge in [0.15, 0.2) is 0 Å². The summed E-state index contributed by atoms with van der Waals surface area (Å²) >= 11 is 3.28. The SMILES string of the molecule is Cc1ccc(Br)cc1S(=O)(=O)N1CCCC1CC(=O)O. The minimum absolute atomic E-state index is 0.147. The van der Waals surface area contributed by atoms with Crippen LogP contribution in [0, 0.1) is 6.92 Å². The third-order valence-electron chi connectivity index (χ3n) is 3.47. The summed E-state index contributed by atoms with van der Waals surface area (Å²) in [6.45, 7) is 2.12. The zero-order valence-corrected chi connectivity index (χ0v) is 13.4. The molecule has 20 heavy (non-hydrogen) atoms. The zero-order chi connectivity index (χ0) is 14.9. The monoisotopic (exact) mass is 361 g/mol. The number of aliphatic carboxylic acids is 1. The number of rotatable bonds is 4. The first kappa shape index (κ1) is 15.5. The Labute approximate surface area is 126 Å². The summed E-state index contributed by atoms with van der Waals surface area (Å²) in [4.78, 5) is 11.1. The molecule has 1 aliphatic rings. The van der Waals surface area contributed by atoms with Crippen molar-refractivity contribution >= 4 is 31.9 Å². The molecule has 1 heterocycles. The van der Waals surface area contributed by atoms with Crippen LogP contribution in [-0.2, 0) is 14.8 Å². The van der Waals surface area contributed by atoms with Crippen molar-refractivity contribution in [2.24, 2.45) is 0 Å². The molecule has 7 heteroatoms. The Kier molecular flexibility index (Phi) is 4.51. The molecule has 0 aliphatic carbocycles. The number of aryl methyl sites for hydroxylation is 1. The van der Waals surface area contributed by atoms with Crippen LogP contribution in [0.1, 0.15) is 24.8 Å². The van der Waals surface area contributed by atoms with Gasteiger partial charge >= 0.3 is 5.97 Å². The topological polar surface area (TPSA) is 74.7 Å². The normalized spacial score (nSPS) is 20.2. The van der Waals surface area contributed by atoms with Crippen LogP contribution in [0.4, 0.5) is 0 Å². The van der Waals surface area contributed by atoms with Crippen molar-refractivity contribution in [3.8, 4) is 0 Å². The van der Waals surface area contributed by atoms with Crippen LogP contribution >= 0.6 is 15.9 Å². The van der Waals surface area contributed by atoms with Crippen molar-refractivity contribution in [1.29, 1.82) is 0 Å². The van der Waals surface area contributed by atoms with Crippen molar-refractivity contribution in [1.82, 2.24) is 4.31 Å². The number of sulfonamides is 1. The van der Waals surface area contributed by atoms with Gasteiger partial charge in [-0.2, -0.15) is 4.31 Å². The van der Waals surface area contributed by atoms with Crippen molar-refractivity contribution in [3.05, 3.63) is 28.2 Å².